The van der Waals surface area contributed by atoms with Gasteiger partial charge in [0, 0.05) is 5.02 Å². The first-order valence-corrected chi connectivity index (χ1v) is 11.0. The number of phenolic OH excluding ortho intramolecular Hbond substituents is 1. The van der Waals surface area contributed by atoms with E-state index in [1.807, 2.05) is 24.3 Å². The smallest absolute Gasteiger partial charge is 0.345 e. The third-order valence-corrected chi connectivity index (χ3v) is 5.58. The van der Waals surface area contributed by atoms with Crippen LogP contribution in [-0.4, -0.2) is 30.3 Å². The number of rotatable bonds is 6. The van der Waals surface area contributed by atoms with E-state index in [2.05, 4.69) is 10.5 Å². The molecule has 0 saturated heterocycles. The number of nitrogens with one attached hydrogen (secondary N) is 1. The molecule has 0 heterocycles. The monoisotopic (exact) mass is 508 g/mol. The summed E-state index contributed by atoms with van der Waals surface area (Å²) in [4.78, 5) is 25.0. The predicted octanol–water partition coefficient (Wildman–Crippen LogP) is 5.84. The molecule has 4 aromatic carbocycles. The van der Waals surface area contributed by atoms with Crippen molar-refractivity contribution in [2.24, 2.45) is 5.10 Å². The molecule has 0 atom stereocenters. The minimum atomic E-state index is -0.672. The van der Waals surface area contributed by atoms with Crippen molar-refractivity contribution in [1.29, 1.82) is 0 Å². The summed E-state index contributed by atoms with van der Waals surface area (Å²) >= 11 is 11.9. The van der Waals surface area contributed by atoms with Crippen molar-refractivity contribution in [3.05, 3.63) is 99.5 Å². The molecular formula is C26H18Cl2N2O5. The summed E-state index contributed by atoms with van der Waals surface area (Å²) in [6, 6.07) is 19.7. The molecule has 0 spiro atoms. The first-order chi connectivity index (χ1) is 16.9. The number of fused-ring (bicyclic) bond motifs is 1. The Morgan fingerprint density at radius 1 is 0.914 bits per heavy atom. The van der Waals surface area contributed by atoms with Crippen LogP contribution < -0.4 is 14.9 Å². The largest absolute Gasteiger partial charge is 0.507 e. The fraction of sp³-hybridized carbons (Fsp3) is 0.0385. The number of methoxy groups -OCH3 is 1. The summed E-state index contributed by atoms with van der Waals surface area (Å²) in [7, 11) is 1.42. The Morgan fingerprint density at radius 2 is 1.66 bits per heavy atom. The number of hydrogen-bond acceptors (Lipinski definition) is 6. The maximum atomic E-state index is 12.5. The number of phenols is 1. The van der Waals surface area contributed by atoms with Crippen LogP contribution in [-0.2, 0) is 0 Å². The van der Waals surface area contributed by atoms with Gasteiger partial charge in [-0.1, -0.05) is 47.5 Å². The Morgan fingerprint density at radius 3 is 2.37 bits per heavy atom. The highest BCUT2D eigenvalue weighted by atomic mass is 35.5. The average Bonchev–Trinajstić information content (AvgIpc) is 2.84. The number of amides is 1. The van der Waals surface area contributed by atoms with Crippen molar-refractivity contribution in [1.82, 2.24) is 5.43 Å². The lowest BCUT2D eigenvalue weighted by Crippen LogP contribution is -2.17. The third kappa shape index (κ3) is 5.54. The van der Waals surface area contributed by atoms with E-state index in [4.69, 9.17) is 32.7 Å². The Labute approximate surface area is 210 Å². The van der Waals surface area contributed by atoms with E-state index in [-0.39, 0.29) is 33.4 Å². The Bertz CT molecular complexity index is 1470. The van der Waals surface area contributed by atoms with Crippen molar-refractivity contribution in [2.75, 3.05) is 7.11 Å². The van der Waals surface area contributed by atoms with E-state index in [1.54, 1.807) is 18.2 Å². The lowest BCUT2D eigenvalue weighted by atomic mass is 10.1. The summed E-state index contributed by atoms with van der Waals surface area (Å²) in [5, 5.41) is 16.3. The summed E-state index contributed by atoms with van der Waals surface area (Å²) in [5.74, 6) is -0.947. The van der Waals surface area contributed by atoms with E-state index in [0.29, 0.717) is 10.6 Å². The molecule has 176 valence electrons. The average molecular weight is 509 g/mol. The van der Waals surface area contributed by atoms with Gasteiger partial charge in [-0.25, -0.2) is 10.2 Å². The molecule has 0 aliphatic heterocycles. The maximum absolute atomic E-state index is 12.5. The van der Waals surface area contributed by atoms with E-state index in [0.717, 1.165) is 10.8 Å². The fourth-order valence-corrected chi connectivity index (χ4v) is 3.78. The number of aromatic hydroxyl groups is 1. The molecule has 0 bridgehead atoms. The standard InChI is InChI=1S/C26H18Cl2N2O5/c1-34-24-10-15(6-9-23(24)35-26(33)19-8-7-18(27)13-21(19)28)14-29-30-25(32)20-11-16-4-2-3-5-17(16)12-22(20)31/h2-14,31H,1H3,(H,30,32)/b29-14+. The fourth-order valence-electron chi connectivity index (χ4n) is 3.29. The number of halogens is 2. The molecule has 4 rings (SSSR count). The third-order valence-electron chi connectivity index (χ3n) is 5.03. The first kappa shape index (κ1) is 24.1. The minimum absolute atomic E-state index is 0.0987. The van der Waals surface area contributed by atoms with Crippen LogP contribution in [0.3, 0.4) is 0 Å². The van der Waals surface area contributed by atoms with Crippen LogP contribution in [0.25, 0.3) is 10.8 Å². The summed E-state index contributed by atoms with van der Waals surface area (Å²) in [6.07, 6.45) is 1.39. The zero-order chi connectivity index (χ0) is 24.9. The molecule has 0 saturated carbocycles. The number of esters is 1. The quantitative estimate of drug-likeness (QED) is 0.147. The molecule has 0 aliphatic carbocycles. The number of hydrogen-bond donors (Lipinski definition) is 2. The second-order valence-corrected chi connectivity index (χ2v) is 8.18. The molecule has 7 nitrogen and oxygen atoms in total. The number of ether oxygens (including phenoxy) is 2. The van der Waals surface area contributed by atoms with Gasteiger partial charge in [0.15, 0.2) is 11.5 Å². The number of carbonyl (C=O) groups is 2. The first-order valence-electron chi connectivity index (χ1n) is 10.3. The number of benzene rings is 4. The Kier molecular flexibility index (Phi) is 7.19. The molecule has 0 aliphatic rings. The van der Waals surface area contributed by atoms with Crippen LogP contribution in [0, 0.1) is 0 Å². The van der Waals surface area contributed by atoms with Crippen LogP contribution in [0.4, 0.5) is 0 Å². The highest BCUT2D eigenvalue weighted by molar-refractivity contribution is 6.36. The molecule has 4 aromatic rings. The molecule has 2 N–H and O–H groups in total. The molecule has 35 heavy (non-hydrogen) atoms. The van der Waals surface area contributed by atoms with E-state index in [1.165, 1.54) is 43.7 Å². The molecule has 0 unspecified atom stereocenters. The van der Waals surface area contributed by atoms with Gasteiger partial charge in [-0.3, -0.25) is 4.79 Å². The molecule has 0 fully saturated rings. The topological polar surface area (TPSA) is 97.2 Å². The van der Waals surface area contributed by atoms with Gasteiger partial charge < -0.3 is 14.6 Å². The summed E-state index contributed by atoms with van der Waals surface area (Å²) in [5.41, 5.74) is 3.21. The van der Waals surface area contributed by atoms with Gasteiger partial charge in [-0.15, -0.1) is 0 Å². The SMILES string of the molecule is COc1cc(/C=N/NC(=O)c2cc3ccccc3cc2O)ccc1OC(=O)c1ccc(Cl)cc1Cl. The van der Waals surface area contributed by atoms with Crippen LogP contribution in [0.2, 0.25) is 10.0 Å². The van der Waals surface area contributed by atoms with Gasteiger partial charge in [-0.2, -0.15) is 5.10 Å². The number of hydrazone groups is 1. The van der Waals surface area contributed by atoms with Gasteiger partial charge in [0.2, 0.25) is 0 Å². The second kappa shape index (κ2) is 10.5. The van der Waals surface area contributed by atoms with Gasteiger partial charge in [0.1, 0.15) is 5.75 Å². The van der Waals surface area contributed by atoms with E-state index in [9.17, 15) is 14.7 Å². The van der Waals surface area contributed by atoms with Crippen molar-refractivity contribution in [2.45, 2.75) is 0 Å². The molecular weight excluding hydrogens is 491 g/mol. The zero-order valence-electron chi connectivity index (χ0n) is 18.3. The lowest BCUT2D eigenvalue weighted by molar-refractivity contribution is 0.0729. The van der Waals surface area contributed by atoms with Crippen LogP contribution in [0.5, 0.6) is 17.2 Å². The van der Waals surface area contributed by atoms with Gasteiger partial charge in [0.25, 0.3) is 5.91 Å². The summed E-state index contributed by atoms with van der Waals surface area (Å²) in [6.45, 7) is 0. The highest BCUT2D eigenvalue weighted by Crippen LogP contribution is 2.30. The van der Waals surface area contributed by atoms with Gasteiger partial charge >= 0.3 is 5.97 Å². The molecule has 1 amide bonds. The zero-order valence-corrected chi connectivity index (χ0v) is 19.8. The van der Waals surface area contributed by atoms with Crippen molar-refractivity contribution in [3.8, 4) is 17.2 Å². The Balaban J connectivity index is 1.46. The maximum Gasteiger partial charge on any atom is 0.345 e. The van der Waals surface area contributed by atoms with Crippen LogP contribution in [0.1, 0.15) is 26.3 Å². The molecule has 0 radical (unpaired) electrons. The minimum Gasteiger partial charge on any atom is -0.507 e. The predicted molar refractivity (Wildman–Crippen MR) is 135 cm³/mol. The van der Waals surface area contributed by atoms with E-state index < -0.39 is 11.9 Å². The normalized spacial score (nSPS) is 10.9. The van der Waals surface area contributed by atoms with E-state index >= 15 is 0 Å². The summed E-state index contributed by atoms with van der Waals surface area (Å²) < 4.78 is 10.7. The number of nitrogens with zero attached hydrogens (tertiary/aromatic N) is 1. The lowest BCUT2D eigenvalue weighted by Gasteiger charge is -2.11. The van der Waals surface area contributed by atoms with Crippen molar-refractivity contribution >= 4 is 52.1 Å². The van der Waals surface area contributed by atoms with Crippen LogP contribution in [0.15, 0.2) is 77.9 Å². The number of carbonyl (C=O) groups excluding carboxylic acids is 2. The van der Waals surface area contributed by atoms with Crippen molar-refractivity contribution in [3.63, 3.8) is 0 Å². The van der Waals surface area contributed by atoms with Gasteiger partial charge in [0.05, 0.1) is 29.5 Å². The second-order valence-electron chi connectivity index (χ2n) is 7.34. The van der Waals surface area contributed by atoms with Crippen LogP contribution >= 0.6 is 23.2 Å². The van der Waals surface area contributed by atoms with Gasteiger partial charge in [-0.05, 0) is 64.9 Å². The Hall–Kier alpha value is -4.07. The molecule has 9 heteroatoms. The highest BCUT2D eigenvalue weighted by Gasteiger charge is 2.16. The molecule has 0 aromatic heterocycles. The van der Waals surface area contributed by atoms with Crippen molar-refractivity contribution < 1.29 is 24.2 Å².